The van der Waals surface area contributed by atoms with Crippen molar-refractivity contribution in [3.05, 3.63) is 0 Å². The number of thioether (sulfide) groups is 1. The molecule has 2 rings (SSSR count). The van der Waals surface area contributed by atoms with Gasteiger partial charge in [-0.3, -0.25) is 4.90 Å². The Balaban J connectivity index is 1.89. The molecule has 2 N–H and O–H groups in total. The van der Waals surface area contributed by atoms with Crippen LogP contribution in [0.5, 0.6) is 0 Å². The Morgan fingerprint density at radius 3 is 2.35 bits per heavy atom. The fraction of sp³-hybridized carbons (Fsp3) is 1.00. The lowest BCUT2D eigenvalue weighted by molar-refractivity contribution is 0.136. The molecule has 2 aliphatic rings. The molecule has 0 bridgehead atoms. The minimum absolute atomic E-state index is 0.667. The van der Waals surface area contributed by atoms with Gasteiger partial charge in [0.15, 0.2) is 0 Å². The topological polar surface area (TPSA) is 29.3 Å². The second-order valence-corrected chi connectivity index (χ2v) is 6.73. The highest BCUT2D eigenvalue weighted by Crippen LogP contribution is 2.28. The van der Waals surface area contributed by atoms with E-state index in [1.54, 1.807) is 0 Å². The second kappa shape index (κ2) is 7.65. The summed E-state index contributed by atoms with van der Waals surface area (Å²) in [5.41, 5.74) is 6.07. The average Bonchev–Trinajstić information content (AvgIpc) is 2.34. The molecule has 3 heteroatoms. The highest BCUT2D eigenvalue weighted by molar-refractivity contribution is 7.99. The van der Waals surface area contributed by atoms with Crippen molar-refractivity contribution in [1.29, 1.82) is 0 Å². The van der Waals surface area contributed by atoms with Crippen LogP contribution in [0.2, 0.25) is 0 Å². The molecular weight excluding hydrogens is 228 g/mol. The molecule has 100 valence electrons. The average molecular weight is 256 g/mol. The summed E-state index contributed by atoms with van der Waals surface area (Å²) in [6.45, 7) is 3.46. The number of hydrogen-bond donors (Lipinski definition) is 1. The summed E-state index contributed by atoms with van der Waals surface area (Å²) in [6, 6.07) is 0.667. The summed E-state index contributed by atoms with van der Waals surface area (Å²) >= 11 is 2.14. The molecule has 0 amide bonds. The highest BCUT2D eigenvalue weighted by atomic mass is 32.2. The van der Waals surface area contributed by atoms with Gasteiger partial charge in [-0.05, 0) is 56.2 Å². The Kier molecular flexibility index (Phi) is 6.16. The highest BCUT2D eigenvalue weighted by Gasteiger charge is 2.27. The molecule has 2 unspecified atom stereocenters. The predicted molar refractivity (Wildman–Crippen MR) is 77.5 cm³/mol. The molecule has 2 nitrogen and oxygen atoms in total. The predicted octanol–water partition coefficient (Wildman–Crippen LogP) is 2.72. The minimum atomic E-state index is 0.667. The Morgan fingerprint density at radius 2 is 1.76 bits per heavy atom. The van der Waals surface area contributed by atoms with E-state index in [-0.39, 0.29) is 0 Å². The molecule has 2 heterocycles. The van der Waals surface area contributed by atoms with Crippen molar-refractivity contribution in [2.24, 2.45) is 11.7 Å². The van der Waals surface area contributed by atoms with Crippen LogP contribution in [0.25, 0.3) is 0 Å². The van der Waals surface area contributed by atoms with Crippen molar-refractivity contribution in [1.82, 2.24) is 4.90 Å². The summed E-state index contributed by atoms with van der Waals surface area (Å²) in [7, 11) is 0. The van der Waals surface area contributed by atoms with Gasteiger partial charge in [0, 0.05) is 12.6 Å². The third-order valence-corrected chi connectivity index (χ3v) is 5.58. The first-order chi connectivity index (χ1) is 8.42. The van der Waals surface area contributed by atoms with Gasteiger partial charge in [-0.2, -0.15) is 11.8 Å². The Bertz CT molecular complexity index is 196. The molecule has 0 aromatic carbocycles. The van der Waals surface area contributed by atoms with Crippen molar-refractivity contribution >= 4 is 11.8 Å². The molecule has 2 fully saturated rings. The van der Waals surface area contributed by atoms with E-state index in [1.165, 1.54) is 69.5 Å². The molecule has 0 aliphatic carbocycles. The SMILES string of the molecule is NCC(C1CCCSC1)N1CCCCCCC1. The molecule has 0 spiro atoms. The van der Waals surface area contributed by atoms with Gasteiger partial charge in [-0.1, -0.05) is 19.3 Å². The van der Waals surface area contributed by atoms with E-state index < -0.39 is 0 Å². The number of nitrogens with zero attached hydrogens (tertiary/aromatic N) is 1. The lowest BCUT2D eigenvalue weighted by Crippen LogP contribution is -2.48. The number of likely N-dealkylation sites (tertiary alicyclic amines) is 1. The van der Waals surface area contributed by atoms with E-state index in [9.17, 15) is 0 Å². The summed E-state index contributed by atoms with van der Waals surface area (Å²) in [6.07, 6.45) is 9.87. The maximum absolute atomic E-state index is 6.07. The Labute approximate surface area is 111 Å². The standard InChI is InChI=1S/C14H28N2S/c15-11-14(13-7-6-10-17-12-13)16-8-4-2-1-3-5-9-16/h13-14H,1-12,15H2. The van der Waals surface area contributed by atoms with Gasteiger partial charge in [-0.15, -0.1) is 0 Å². The minimum Gasteiger partial charge on any atom is -0.329 e. The van der Waals surface area contributed by atoms with Crippen LogP contribution in [-0.2, 0) is 0 Å². The zero-order valence-corrected chi connectivity index (χ0v) is 11.9. The van der Waals surface area contributed by atoms with E-state index in [0.717, 1.165) is 12.5 Å². The summed E-state index contributed by atoms with van der Waals surface area (Å²) in [4.78, 5) is 2.72. The summed E-state index contributed by atoms with van der Waals surface area (Å²) < 4.78 is 0. The van der Waals surface area contributed by atoms with E-state index in [4.69, 9.17) is 5.73 Å². The van der Waals surface area contributed by atoms with Gasteiger partial charge in [0.05, 0.1) is 0 Å². The molecule has 2 aliphatic heterocycles. The van der Waals surface area contributed by atoms with Crippen LogP contribution in [-0.4, -0.2) is 42.1 Å². The monoisotopic (exact) mass is 256 g/mol. The van der Waals surface area contributed by atoms with E-state index >= 15 is 0 Å². The molecule has 0 radical (unpaired) electrons. The Morgan fingerprint density at radius 1 is 1.06 bits per heavy atom. The molecule has 0 aromatic heterocycles. The maximum atomic E-state index is 6.07. The van der Waals surface area contributed by atoms with Crippen LogP contribution in [0, 0.1) is 5.92 Å². The van der Waals surface area contributed by atoms with Gasteiger partial charge < -0.3 is 5.73 Å². The van der Waals surface area contributed by atoms with Crippen molar-refractivity contribution in [2.45, 2.75) is 51.0 Å². The zero-order valence-electron chi connectivity index (χ0n) is 11.1. The third-order valence-electron chi connectivity index (χ3n) is 4.34. The first-order valence-electron chi connectivity index (χ1n) is 7.43. The van der Waals surface area contributed by atoms with E-state index in [2.05, 4.69) is 16.7 Å². The first-order valence-corrected chi connectivity index (χ1v) is 8.59. The van der Waals surface area contributed by atoms with Crippen LogP contribution < -0.4 is 5.73 Å². The molecule has 0 aromatic rings. The van der Waals surface area contributed by atoms with Crippen LogP contribution in [0.1, 0.15) is 44.9 Å². The quantitative estimate of drug-likeness (QED) is 0.842. The molecule has 17 heavy (non-hydrogen) atoms. The van der Waals surface area contributed by atoms with Gasteiger partial charge in [0.2, 0.25) is 0 Å². The summed E-state index contributed by atoms with van der Waals surface area (Å²) in [5, 5.41) is 0. The van der Waals surface area contributed by atoms with Gasteiger partial charge in [0.25, 0.3) is 0 Å². The van der Waals surface area contributed by atoms with Crippen molar-refractivity contribution < 1.29 is 0 Å². The van der Waals surface area contributed by atoms with Crippen molar-refractivity contribution in [2.75, 3.05) is 31.1 Å². The molecule has 2 atom stereocenters. The van der Waals surface area contributed by atoms with Crippen LogP contribution >= 0.6 is 11.8 Å². The smallest absolute Gasteiger partial charge is 0.0254 e. The fourth-order valence-corrected chi connectivity index (χ4v) is 4.54. The number of hydrogen-bond acceptors (Lipinski definition) is 3. The maximum Gasteiger partial charge on any atom is 0.0254 e. The van der Waals surface area contributed by atoms with Crippen molar-refractivity contribution in [3.8, 4) is 0 Å². The lowest BCUT2D eigenvalue weighted by atomic mass is 9.93. The number of rotatable bonds is 3. The van der Waals surface area contributed by atoms with Crippen molar-refractivity contribution in [3.63, 3.8) is 0 Å². The molecular formula is C14H28N2S. The van der Waals surface area contributed by atoms with E-state index in [1.807, 2.05) is 0 Å². The second-order valence-electron chi connectivity index (χ2n) is 5.58. The zero-order chi connectivity index (χ0) is 11.9. The largest absolute Gasteiger partial charge is 0.329 e. The number of nitrogens with two attached hydrogens (primary N) is 1. The normalized spacial score (nSPS) is 30.5. The van der Waals surface area contributed by atoms with Crippen LogP contribution in [0.4, 0.5) is 0 Å². The van der Waals surface area contributed by atoms with Crippen LogP contribution in [0.15, 0.2) is 0 Å². The third kappa shape index (κ3) is 4.15. The first kappa shape index (κ1) is 13.7. The Hall–Kier alpha value is 0.270. The van der Waals surface area contributed by atoms with Gasteiger partial charge in [-0.25, -0.2) is 0 Å². The van der Waals surface area contributed by atoms with Crippen LogP contribution in [0.3, 0.4) is 0 Å². The van der Waals surface area contributed by atoms with Gasteiger partial charge >= 0.3 is 0 Å². The van der Waals surface area contributed by atoms with E-state index in [0.29, 0.717) is 6.04 Å². The summed E-state index contributed by atoms with van der Waals surface area (Å²) in [5.74, 6) is 3.57. The molecule has 2 saturated heterocycles. The van der Waals surface area contributed by atoms with Gasteiger partial charge in [0.1, 0.15) is 0 Å². The molecule has 0 saturated carbocycles. The fourth-order valence-electron chi connectivity index (χ4n) is 3.31. The lowest BCUT2D eigenvalue weighted by Gasteiger charge is -2.38.